The summed E-state index contributed by atoms with van der Waals surface area (Å²) in [6.07, 6.45) is 0.377. The monoisotopic (exact) mass is 296 g/mol. The molecule has 0 aliphatic heterocycles. The van der Waals surface area contributed by atoms with Gasteiger partial charge in [0.2, 0.25) is 5.91 Å². The van der Waals surface area contributed by atoms with Crippen molar-refractivity contribution in [1.82, 2.24) is 15.3 Å². The van der Waals surface area contributed by atoms with Crippen LogP contribution in [0.25, 0.3) is 0 Å². The normalized spacial score (nSPS) is 10.5. The van der Waals surface area contributed by atoms with Gasteiger partial charge < -0.3 is 20.8 Å². The van der Waals surface area contributed by atoms with Crippen molar-refractivity contribution in [3.8, 4) is 0 Å². The maximum atomic E-state index is 11.6. The van der Waals surface area contributed by atoms with Gasteiger partial charge in [0.25, 0.3) is 0 Å². The zero-order valence-electron chi connectivity index (χ0n) is 12.8. The molecular formula is C13H24N6O2. The molecule has 0 unspecified atom stereocenters. The summed E-state index contributed by atoms with van der Waals surface area (Å²) in [5.41, 5.74) is 2.47. The molecule has 0 bridgehead atoms. The van der Waals surface area contributed by atoms with Crippen LogP contribution in [0.15, 0.2) is 6.07 Å². The Morgan fingerprint density at radius 2 is 2.10 bits per heavy atom. The number of nitrogens with two attached hydrogens (primary N) is 1. The summed E-state index contributed by atoms with van der Waals surface area (Å²) in [5, 5.41) is 5.93. The second-order valence-corrected chi connectivity index (χ2v) is 5.01. The summed E-state index contributed by atoms with van der Waals surface area (Å²) in [7, 11) is 1.57. The molecule has 1 aromatic heterocycles. The number of carbonyl (C=O) groups excluding carboxylic acids is 1. The third-order valence-corrected chi connectivity index (χ3v) is 2.56. The lowest BCUT2D eigenvalue weighted by Gasteiger charge is -2.10. The SMILES string of the molecule is COCc1nc(NN)cc(NCCC(=O)NCC(C)C)n1. The number of hydrogen-bond donors (Lipinski definition) is 4. The minimum absolute atomic E-state index is 0.0135. The van der Waals surface area contributed by atoms with E-state index in [-0.39, 0.29) is 5.91 Å². The minimum atomic E-state index is 0.0135. The van der Waals surface area contributed by atoms with Gasteiger partial charge >= 0.3 is 0 Å². The average molecular weight is 296 g/mol. The Morgan fingerprint density at radius 3 is 2.71 bits per heavy atom. The number of nitrogens with one attached hydrogen (secondary N) is 3. The number of methoxy groups -OCH3 is 1. The van der Waals surface area contributed by atoms with Gasteiger partial charge in [-0.3, -0.25) is 4.79 Å². The Kier molecular flexibility index (Phi) is 7.41. The highest BCUT2D eigenvalue weighted by molar-refractivity contribution is 5.76. The number of nitrogens with zero attached hydrogens (tertiary/aromatic N) is 2. The van der Waals surface area contributed by atoms with Gasteiger partial charge in [-0.25, -0.2) is 15.8 Å². The summed E-state index contributed by atoms with van der Waals surface area (Å²) >= 11 is 0. The van der Waals surface area contributed by atoms with E-state index in [9.17, 15) is 4.79 Å². The lowest BCUT2D eigenvalue weighted by molar-refractivity contribution is -0.120. The average Bonchev–Trinajstić information content (AvgIpc) is 2.45. The summed E-state index contributed by atoms with van der Waals surface area (Å²) < 4.78 is 4.99. The van der Waals surface area contributed by atoms with Gasteiger partial charge in [-0.1, -0.05) is 13.8 Å². The number of anilines is 2. The minimum Gasteiger partial charge on any atom is -0.377 e. The van der Waals surface area contributed by atoms with Gasteiger partial charge in [-0.05, 0) is 5.92 Å². The standard InChI is InChI=1S/C13H24N6O2/c1-9(2)7-16-13(20)4-5-15-10-6-11(19-14)18-12(17-10)8-21-3/h6,9H,4-5,7-8,14H2,1-3H3,(H,16,20)(H2,15,17,18,19). The molecular weight excluding hydrogens is 272 g/mol. The summed E-state index contributed by atoms with van der Waals surface area (Å²) in [6.45, 7) is 5.57. The van der Waals surface area contributed by atoms with Crippen LogP contribution in [0.1, 0.15) is 26.1 Å². The van der Waals surface area contributed by atoms with Crippen LogP contribution < -0.4 is 21.9 Å². The molecule has 8 heteroatoms. The van der Waals surface area contributed by atoms with Crippen molar-refractivity contribution >= 4 is 17.5 Å². The van der Waals surface area contributed by atoms with E-state index in [1.54, 1.807) is 13.2 Å². The zero-order chi connectivity index (χ0) is 15.7. The number of ether oxygens (including phenoxy) is 1. The van der Waals surface area contributed by atoms with Gasteiger partial charge in [0.1, 0.15) is 18.2 Å². The molecule has 0 saturated carbocycles. The number of aromatic nitrogens is 2. The molecule has 0 saturated heterocycles. The van der Waals surface area contributed by atoms with Crippen LogP contribution in [0.4, 0.5) is 11.6 Å². The first-order valence-electron chi connectivity index (χ1n) is 6.89. The quantitative estimate of drug-likeness (QED) is 0.387. The lowest BCUT2D eigenvalue weighted by atomic mass is 10.2. The first-order valence-corrected chi connectivity index (χ1v) is 6.89. The highest BCUT2D eigenvalue weighted by atomic mass is 16.5. The molecule has 0 atom stereocenters. The molecule has 1 rings (SSSR count). The van der Waals surface area contributed by atoms with E-state index < -0.39 is 0 Å². The van der Waals surface area contributed by atoms with Crippen LogP contribution >= 0.6 is 0 Å². The molecule has 21 heavy (non-hydrogen) atoms. The predicted octanol–water partition coefficient (Wildman–Crippen LogP) is 0.483. The number of nitrogen functional groups attached to an aromatic ring is 1. The summed E-state index contributed by atoms with van der Waals surface area (Å²) in [5.74, 6) is 7.41. The smallest absolute Gasteiger partial charge is 0.221 e. The van der Waals surface area contributed by atoms with Crippen LogP contribution in [-0.2, 0) is 16.1 Å². The van der Waals surface area contributed by atoms with E-state index in [2.05, 4.69) is 39.9 Å². The van der Waals surface area contributed by atoms with Crippen LogP contribution in [0.2, 0.25) is 0 Å². The largest absolute Gasteiger partial charge is 0.377 e. The second kappa shape index (κ2) is 9.09. The van der Waals surface area contributed by atoms with E-state index >= 15 is 0 Å². The van der Waals surface area contributed by atoms with E-state index in [1.165, 1.54) is 0 Å². The zero-order valence-corrected chi connectivity index (χ0v) is 12.8. The van der Waals surface area contributed by atoms with Crippen LogP contribution in [0.3, 0.4) is 0 Å². The van der Waals surface area contributed by atoms with Crippen molar-refractivity contribution in [3.05, 3.63) is 11.9 Å². The Bertz CT molecular complexity index is 452. The van der Waals surface area contributed by atoms with Crippen LogP contribution in [0, 0.1) is 5.92 Å². The summed E-state index contributed by atoms with van der Waals surface area (Å²) in [4.78, 5) is 20.0. The molecule has 1 heterocycles. The molecule has 0 radical (unpaired) electrons. The molecule has 0 fully saturated rings. The molecule has 5 N–H and O–H groups in total. The van der Waals surface area contributed by atoms with Gasteiger partial charge in [0, 0.05) is 32.7 Å². The van der Waals surface area contributed by atoms with E-state index in [4.69, 9.17) is 10.6 Å². The maximum absolute atomic E-state index is 11.6. The third kappa shape index (κ3) is 6.87. The van der Waals surface area contributed by atoms with Crippen molar-refractivity contribution in [2.45, 2.75) is 26.9 Å². The Balaban J connectivity index is 2.47. The molecule has 0 aromatic carbocycles. The number of amides is 1. The first kappa shape index (κ1) is 17.1. The Hall–Kier alpha value is -1.93. The molecule has 0 spiro atoms. The lowest BCUT2D eigenvalue weighted by Crippen LogP contribution is -2.28. The highest BCUT2D eigenvalue weighted by Gasteiger charge is 2.05. The van der Waals surface area contributed by atoms with Crippen LogP contribution in [0.5, 0.6) is 0 Å². The van der Waals surface area contributed by atoms with Crippen molar-refractivity contribution in [2.24, 2.45) is 11.8 Å². The van der Waals surface area contributed by atoms with Crippen molar-refractivity contribution in [1.29, 1.82) is 0 Å². The molecule has 0 aliphatic carbocycles. The van der Waals surface area contributed by atoms with Gasteiger partial charge in [-0.15, -0.1) is 0 Å². The van der Waals surface area contributed by atoms with Crippen molar-refractivity contribution in [2.75, 3.05) is 30.9 Å². The molecule has 1 aromatic rings. The number of hydrazine groups is 1. The Labute approximate surface area is 124 Å². The fourth-order valence-electron chi connectivity index (χ4n) is 1.57. The van der Waals surface area contributed by atoms with Gasteiger partial charge in [0.15, 0.2) is 5.82 Å². The predicted molar refractivity (Wildman–Crippen MR) is 81.5 cm³/mol. The third-order valence-electron chi connectivity index (χ3n) is 2.56. The molecule has 8 nitrogen and oxygen atoms in total. The van der Waals surface area contributed by atoms with Crippen molar-refractivity contribution < 1.29 is 9.53 Å². The number of rotatable bonds is 9. The van der Waals surface area contributed by atoms with Crippen molar-refractivity contribution in [3.63, 3.8) is 0 Å². The van der Waals surface area contributed by atoms with Crippen LogP contribution in [-0.4, -0.2) is 36.1 Å². The number of hydrogen-bond acceptors (Lipinski definition) is 7. The Morgan fingerprint density at radius 1 is 1.38 bits per heavy atom. The highest BCUT2D eigenvalue weighted by Crippen LogP contribution is 2.10. The van der Waals surface area contributed by atoms with E-state index in [0.29, 0.717) is 49.5 Å². The number of carbonyl (C=O) groups is 1. The molecule has 0 aliphatic rings. The maximum Gasteiger partial charge on any atom is 0.221 e. The van der Waals surface area contributed by atoms with E-state index in [0.717, 1.165) is 0 Å². The topological polar surface area (TPSA) is 114 Å². The first-order chi connectivity index (χ1) is 10.0. The summed E-state index contributed by atoms with van der Waals surface area (Å²) in [6, 6.07) is 1.67. The van der Waals surface area contributed by atoms with Gasteiger partial charge in [0.05, 0.1) is 0 Å². The molecule has 118 valence electrons. The molecule has 1 amide bonds. The fraction of sp³-hybridized carbons (Fsp3) is 0.615. The van der Waals surface area contributed by atoms with Gasteiger partial charge in [-0.2, -0.15) is 0 Å². The van der Waals surface area contributed by atoms with E-state index in [1.807, 2.05) is 0 Å². The second-order valence-electron chi connectivity index (χ2n) is 5.01. The fourth-order valence-corrected chi connectivity index (χ4v) is 1.57.